The highest BCUT2D eigenvalue weighted by molar-refractivity contribution is 9.11. The Balaban J connectivity index is 1.94. The van der Waals surface area contributed by atoms with E-state index in [0.717, 1.165) is 28.6 Å². The van der Waals surface area contributed by atoms with Crippen molar-refractivity contribution in [3.8, 4) is 0 Å². The van der Waals surface area contributed by atoms with E-state index in [9.17, 15) is 10.1 Å². The molecule has 0 spiro atoms. The quantitative estimate of drug-likeness (QED) is 0.598. The van der Waals surface area contributed by atoms with Gasteiger partial charge in [0.15, 0.2) is 0 Å². The lowest BCUT2D eigenvalue weighted by Crippen LogP contribution is -2.16. The molecule has 1 aliphatic rings. The van der Waals surface area contributed by atoms with Crippen LogP contribution >= 0.6 is 27.3 Å². The molecule has 0 aliphatic heterocycles. The van der Waals surface area contributed by atoms with E-state index in [4.69, 9.17) is 0 Å². The Morgan fingerprint density at radius 3 is 3.00 bits per heavy atom. The second kappa shape index (κ2) is 5.77. The maximum atomic E-state index is 11.2. The summed E-state index contributed by atoms with van der Waals surface area (Å²) in [4.78, 5) is 12.2. The van der Waals surface area contributed by atoms with Gasteiger partial charge in [0.25, 0.3) is 5.69 Å². The van der Waals surface area contributed by atoms with Gasteiger partial charge in [0.1, 0.15) is 5.69 Å². The summed E-state index contributed by atoms with van der Waals surface area (Å²) in [6.07, 6.45) is 3.21. The van der Waals surface area contributed by atoms with Crippen LogP contribution in [0.4, 0.5) is 11.4 Å². The molecule has 110 valence electrons. The van der Waals surface area contributed by atoms with Crippen LogP contribution in [0.2, 0.25) is 0 Å². The summed E-state index contributed by atoms with van der Waals surface area (Å²) in [5, 5.41) is 14.6. The monoisotopic (exact) mass is 366 g/mol. The summed E-state index contributed by atoms with van der Waals surface area (Å²) in [6.45, 7) is 1.95. The molecule has 0 radical (unpaired) electrons. The molecule has 0 amide bonds. The van der Waals surface area contributed by atoms with Gasteiger partial charge in [-0.25, -0.2) is 0 Å². The molecule has 1 aliphatic carbocycles. The zero-order valence-corrected chi connectivity index (χ0v) is 14.0. The first-order valence-corrected chi connectivity index (χ1v) is 8.45. The molecule has 2 aromatic rings. The first-order valence-electron chi connectivity index (χ1n) is 6.84. The van der Waals surface area contributed by atoms with E-state index in [2.05, 4.69) is 27.3 Å². The topological polar surface area (TPSA) is 55.2 Å². The number of fused-ring (bicyclic) bond motifs is 1. The number of nitro groups is 1. The average molecular weight is 367 g/mol. The van der Waals surface area contributed by atoms with Crippen molar-refractivity contribution in [2.45, 2.75) is 32.2 Å². The molecule has 1 atom stereocenters. The van der Waals surface area contributed by atoms with Crippen LogP contribution in [0, 0.1) is 17.0 Å². The summed E-state index contributed by atoms with van der Waals surface area (Å²) in [5.74, 6) is 0. The van der Waals surface area contributed by atoms with E-state index in [1.165, 1.54) is 10.4 Å². The molecule has 1 unspecified atom stereocenters. The van der Waals surface area contributed by atoms with Gasteiger partial charge in [-0.1, -0.05) is 6.07 Å². The van der Waals surface area contributed by atoms with E-state index >= 15 is 0 Å². The lowest BCUT2D eigenvalue weighted by atomic mass is 9.93. The Morgan fingerprint density at radius 1 is 1.43 bits per heavy atom. The number of anilines is 1. The van der Waals surface area contributed by atoms with Crippen molar-refractivity contribution in [3.05, 3.63) is 54.2 Å². The highest BCUT2D eigenvalue weighted by Crippen LogP contribution is 2.40. The predicted octanol–water partition coefficient (Wildman–Crippen LogP) is 5.22. The van der Waals surface area contributed by atoms with Crippen LogP contribution in [0.1, 0.15) is 34.9 Å². The second-order valence-corrected chi connectivity index (χ2v) is 7.81. The minimum Gasteiger partial charge on any atom is -0.373 e. The highest BCUT2D eigenvalue weighted by Gasteiger charge is 2.25. The third-order valence-electron chi connectivity index (χ3n) is 3.76. The minimum absolute atomic E-state index is 0.141. The number of aryl methyl sites for hydroxylation is 2. The fraction of sp³-hybridized carbons (Fsp3) is 0.333. The van der Waals surface area contributed by atoms with Gasteiger partial charge in [0.05, 0.1) is 14.8 Å². The fourth-order valence-electron chi connectivity index (χ4n) is 2.78. The van der Waals surface area contributed by atoms with Crippen molar-refractivity contribution in [1.82, 2.24) is 0 Å². The van der Waals surface area contributed by atoms with Gasteiger partial charge in [0, 0.05) is 10.9 Å². The van der Waals surface area contributed by atoms with Gasteiger partial charge in [0.2, 0.25) is 0 Å². The highest BCUT2D eigenvalue weighted by atomic mass is 79.9. The molecule has 3 rings (SSSR count). The Hall–Kier alpha value is -1.40. The largest absolute Gasteiger partial charge is 0.373 e. The molecule has 1 heterocycles. The van der Waals surface area contributed by atoms with Gasteiger partial charge < -0.3 is 5.32 Å². The van der Waals surface area contributed by atoms with Crippen LogP contribution in [-0.4, -0.2) is 4.92 Å². The van der Waals surface area contributed by atoms with Crippen LogP contribution in [-0.2, 0) is 6.42 Å². The molecule has 0 bridgehead atoms. The predicted molar refractivity (Wildman–Crippen MR) is 89.2 cm³/mol. The van der Waals surface area contributed by atoms with Gasteiger partial charge in [-0.15, -0.1) is 11.3 Å². The average Bonchev–Trinajstić information content (AvgIpc) is 2.80. The van der Waals surface area contributed by atoms with Crippen LogP contribution in [0.3, 0.4) is 0 Å². The van der Waals surface area contributed by atoms with E-state index in [1.807, 2.05) is 13.0 Å². The third-order valence-corrected chi connectivity index (χ3v) is 5.48. The summed E-state index contributed by atoms with van der Waals surface area (Å²) >= 11 is 5.30. The number of hydrogen-bond donors (Lipinski definition) is 1. The lowest BCUT2D eigenvalue weighted by Gasteiger charge is -2.24. The molecule has 0 saturated heterocycles. The van der Waals surface area contributed by atoms with Gasteiger partial charge in [-0.2, -0.15) is 0 Å². The Kier molecular flexibility index (Phi) is 3.99. The summed E-state index contributed by atoms with van der Waals surface area (Å²) in [7, 11) is 0. The minimum atomic E-state index is -0.324. The molecular formula is C15H15BrN2O2S. The number of nitro benzene ring substituents is 1. The van der Waals surface area contributed by atoms with E-state index in [-0.39, 0.29) is 16.7 Å². The number of hydrogen-bond acceptors (Lipinski definition) is 4. The van der Waals surface area contributed by atoms with Gasteiger partial charge in [-0.05, 0) is 65.4 Å². The van der Waals surface area contributed by atoms with Crippen molar-refractivity contribution < 1.29 is 4.92 Å². The molecule has 0 saturated carbocycles. The Bertz CT molecular complexity index is 699. The smallest absolute Gasteiger partial charge is 0.292 e. The zero-order valence-electron chi connectivity index (χ0n) is 11.6. The number of nitrogens with one attached hydrogen (secondary N) is 1. The van der Waals surface area contributed by atoms with Crippen molar-refractivity contribution in [2.75, 3.05) is 5.32 Å². The van der Waals surface area contributed by atoms with E-state index < -0.39 is 0 Å². The first kappa shape index (κ1) is 14.5. The van der Waals surface area contributed by atoms with Crippen LogP contribution in [0.5, 0.6) is 0 Å². The summed E-state index contributed by atoms with van der Waals surface area (Å²) < 4.78 is 1.12. The SMILES string of the molecule is Cc1ccc([N+](=O)[O-])c(NC2CCCc3sc(Br)cc32)c1. The van der Waals surface area contributed by atoms with E-state index in [1.54, 1.807) is 23.5 Å². The molecule has 1 aromatic heterocycles. The zero-order chi connectivity index (χ0) is 15.0. The number of nitrogens with zero attached hydrogens (tertiary/aromatic N) is 1. The Morgan fingerprint density at radius 2 is 2.24 bits per heavy atom. The van der Waals surface area contributed by atoms with E-state index in [0.29, 0.717) is 5.69 Å². The van der Waals surface area contributed by atoms with Crippen molar-refractivity contribution in [3.63, 3.8) is 0 Å². The van der Waals surface area contributed by atoms with Crippen LogP contribution < -0.4 is 5.32 Å². The second-order valence-electron chi connectivity index (χ2n) is 5.30. The molecule has 1 N–H and O–H groups in total. The maximum Gasteiger partial charge on any atom is 0.292 e. The number of halogens is 1. The van der Waals surface area contributed by atoms with Crippen molar-refractivity contribution >= 4 is 38.6 Å². The molecule has 0 fully saturated rings. The summed E-state index contributed by atoms with van der Waals surface area (Å²) in [6, 6.07) is 7.49. The van der Waals surface area contributed by atoms with Gasteiger partial charge >= 0.3 is 0 Å². The Labute approximate surface area is 135 Å². The van der Waals surface area contributed by atoms with Crippen molar-refractivity contribution in [1.29, 1.82) is 0 Å². The molecule has 1 aromatic carbocycles. The number of thiophene rings is 1. The standard InChI is InChI=1S/C15H15BrN2O2S/c1-9-5-6-13(18(19)20)12(7-9)17-11-3-2-4-14-10(11)8-15(16)21-14/h5-8,11,17H,2-4H2,1H3. The van der Waals surface area contributed by atoms with Crippen LogP contribution in [0.25, 0.3) is 0 Å². The van der Waals surface area contributed by atoms with Crippen molar-refractivity contribution in [2.24, 2.45) is 0 Å². The van der Waals surface area contributed by atoms with Crippen LogP contribution in [0.15, 0.2) is 28.1 Å². The first-order chi connectivity index (χ1) is 10.0. The van der Waals surface area contributed by atoms with Gasteiger partial charge in [-0.3, -0.25) is 10.1 Å². The fourth-order valence-corrected chi connectivity index (χ4v) is 4.60. The molecule has 21 heavy (non-hydrogen) atoms. The molecule has 4 nitrogen and oxygen atoms in total. The molecule has 6 heteroatoms. The third kappa shape index (κ3) is 2.96. The number of rotatable bonds is 3. The maximum absolute atomic E-state index is 11.2. The number of benzene rings is 1. The molecular weight excluding hydrogens is 352 g/mol. The lowest BCUT2D eigenvalue weighted by molar-refractivity contribution is -0.384. The summed E-state index contributed by atoms with van der Waals surface area (Å²) in [5.41, 5.74) is 3.04. The normalized spacial score (nSPS) is 17.3.